The van der Waals surface area contributed by atoms with Gasteiger partial charge in [0.05, 0.1) is 59.3 Å². The Morgan fingerprint density at radius 1 is 0.800 bits per heavy atom. The average Bonchev–Trinajstić information content (AvgIpc) is 3.57. The third-order valence-electron chi connectivity index (χ3n) is 7.81. The van der Waals surface area contributed by atoms with Crippen LogP contribution in [0.3, 0.4) is 0 Å². The van der Waals surface area contributed by atoms with Gasteiger partial charge < -0.3 is 44.1 Å². The first-order valence-electron chi connectivity index (χ1n) is 12.8. The molecule has 3 aromatic rings. The number of hydrogen-bond acceptors (Lipinski definition) is 10. The predicted molar refractivity (Wildman–Crippen MR) is 142 cm³/mol. The lowest BCUT2D eigenvalue weighted by Gasteiger charge is -2.22. The normalized spacial score (nSPS) is 22.5. The van der Waals surface area contributed by atoms with Crippen molar-refractivity contribution in [2.75, 3.05) is 41.2 Å². The van der Waals surface area contributed by atoms with E-state index < -0.39 is 24.4 Å². The number of carbonyl (C=O) groups is 1. The summed E-state index contributed by atoms with van der Waals surface area (Å²) < 4.78 is 28.2. The molecule has 3 aromatic carbocycles. The van der Waals surface area contributed by atoms with Crippen LogP contribution in [0.15, 0.2) is 48.5 Å². The molecule has 2 aliphatic rings. The zero-order valence-corrected chi connectivity index (χ0v) is 22.4. The molecule has 2 heterocycles. The highest BCUT2D eigenvalue weighted by atomic mass is 16.5. The van der Waals surface area contributed by atoms with Crippen molar-refractivity contribution in [2.45, 2.75) is 18.1 Å². The summed E-state index contributed by atoms with van der Waals surface area (Å²) in [5.74, 6) is -1.30. The standard InChI is InChI=1S/C30H32O10/c1-36-24-9-15(4-6-22(24)32)27(34)19(12-31)18-8-17(11-26(38-3)28(18)35)30-21-14-39-29(20(21)13-40-30)16-5-7-23(33)25(10-16)37-2/h4-11,19-21,29-33,35H,12-14H2,1-3H3/t19?,20-,21-,29-,30-/m0/s1. The van der Waals surface area contributed by atoms with E-state index in [0.717, 1.165) is 5.56 Å². The van der Waals surface area contributed by atoms with E-state index in [2.05, 4.69) is 0 Å². The summed E-state index contributed by atoms with van der Waals surface area (Å²) in [6.07, 6.45) is -0.676. The molecule has 5 rings (SSSR count). The molecule has 0 aromatic heterocycles. The summed E-state index contributed by atoms with van der Waals surface area (Å²) in [7, 11) is 4.27. The fraction of sp³-hybridized carbons (Fsp3) is 0.367. The van der Waals surface area contributed by atoms with Gasteiger partial charge in [0, 0.05) is 23.0 Å². The van der Waals surface area contributed by atoms with Crippen LogP contribution in [0.2, 0.25) is 0 Å². The fourth-order valence-electron chi connectivity index (χ4n) is 5.70. The molecule has 0 aliphatic carbocycles. The van der Waals surface area contributed by atoms with E-state index in [0.29, 0.717) is 24.5 Å². The fourth-order valence-corrected chi connectivity index (χ4v) is 5.70. The Bertz CT molecular complexity index is 1400. The Balaban J connectivity index is 1.46. The van der Waals surface area contributed by atoms with Gasteiger partial charge in [-0.25, -0.2) is 0 Å². The monoisotopic (exact) mass is 552 g/mol. The van der Waals surface area contributed by atoms with Crippen molar-refractivity contribution in [1.29, 1.82) is 0 Å². The summed E-state index contributed by atoms with van der Waals surface area (Å²) in [5, 5.41) is 41.2. The Kier molecular flexibility index (Phi) is 7.75. The van der Waals surface area contributed by atoms with Crippen molar-refractivity contribution in [1.82, 2.24) is 0 Å². The Hall–Kier alpha value is -3.99. The lowest BCUT2D eigenvalue weighted by Crippen LogP contribution is -2.19. The second kappa shape index (κ2) is 11.2. The van der Waals surface area contributed by atoms with Gasteiger partial charge in [0.2, 0.25) is 0 Å². The number of methoxy groups -OCH3 is 3. The topological polar surface area (TPSA) is 144 Å². The van der Waals surface area contributed by atoms with Crippen LogP contribution in [-0.2, 0) is 9.47 Å². The van der Waals surface area contributed by atoms with Gasteiger partial charge in [0.15, 0.2) is 40.3 Å². The highest BCUT2D eigenvalue weighted by Crippen LogP contribution is 2.52. The van der Waals surface area contributed by atoms with E-state index in [1.165, 1.54) is 39.5 Å². The number of phenols is 3. The highest BCUT2D eigenvalue weighted by Gasteiger charge is 2.48. The van der Waals surface area contributed by atoms with Gasteiger partial charge in [-0.15, -0.1) is 0 Å². The largest absolute Gasteiger partial charge is 0.504 e. The van der Waals surface area contributed by atoms with E-state index in [9.17, 15) is 25.2 Å². The summed E-state index contributed by atoms with van der Waals surface area (Å²) >= 11 is 0. The number of ether oxygens (including phenoxy) is 5. The lowest BCUT2D eigenvalue weighted by atomic mass is 9.83. The Morgan fingerprint density at radius 2 is 1.35 bits per heavy atom. The molecule has 1 unspecified atom stereocenters. The van der Waals surface area contributed by atoms with Crippen molar-refractivity contribution >= 4 is 5.78 Å². The highest BCUT2D eigenvalue weighted by molar-refractivity contribution is 6.02. The molecule has 0 bridgehead atoms. The van der Waals surface area contributed by atoms with E-state index in [-0.39, 0.29) is 57.8 Å². The van der Waals surface area contributed by atoms with Crippen molar-refractivity contribution in [3.05, 3.63) is 70.8 Å². The predicted octanol–water partition coefficient (Wildman–Crippen LogP) is 3.86. The van der Waals surface area contributed by atoms with Crippen molar-refractivity contribution in [3.63, 3.8) is 0 Å². The molecular weight excluding hydrogens is 520 g/mol. The van der Waals surface area contributed by atoms with E-state index in [1.54, 1.807) is 30.3 Å². The van der Waals surface area contributed by atoms with Crippen LogP contribution in [-0.4, -0.2) is 67.4 Å². The maximum absolute atomic E-state index is 13.5. The van der Waals surface area contributed by atoms with Crippen molar-refractivity contribution < 1.29 is 48.9 Å². The lowest BCUT2D eigenvalue weighted by molar-refractivity contribution is 0.0191. The molecule has 5 atom stereocenters. The SMILES string of the molecule is COc1cc(C(=O)C(CO)c2cc([C@@H]3OC[C@H]4[C@@H]3CO[C@H]4c3ccc(O)c(OC)c3)cc(OC)c2O)ccc1O. The number of benzene rings is 3. The molecule has 212 valence electrons. The number of carbonyl (C=O) groups excluding carboxylic acids is 1. The molecule has 10 nitrogen and oxygen atoms in total. The van der Waals surface area contributed by atoms with Gasteiger partial charge >= 0.3 is 0 Å². The molecule has 0 radical (unpaired) electrons. The van der Waals surface area contributed by atoms with Crippen LogP contribution >= 0.6 is 0 Å². The van der Waals surface area contributed by atoms with Gasteiger partial charge in [0.25, 0.3) is 0 Å². The van der Waals surface area contributed by atoms with Crippen LogP contribution < -0.4 is 14.2 Å². The van der Waals surface area contributed by atoms with Gasteiger partial charge in [-0.2, -0.15) is 0 Å². The van der Waals surface area contributed by atoms with Gasteiger partial charge in [-0.05, 0) is 53.6 Å². The number of hydrogen-bond donors (Lipinski definition) is 4. The molecule has 10 heteroatoms. The molecule has 0 spiro atoms. The van der Waals surface area contributed by atoms with Gasteiger partial charge in [0.1, 0.15) is 0 Å². The van der Waals surface area contributed by atoms with Crippen molar-refractivity contribution in [3.8, 4) is 34.5 Å². The van der Waals surface area contributed by atoms with Crippen molar-refractivity contribution in [2.24, 2.45) is 11.8 Å². The maximum Gasteiger partial charge on any atom is 0.172 e. The number of rotatable bonds is 9. The number of aliphatic hydroxyl groups excluding tert-OH is 1. The first kappa shape index (κ1) is 27.6. The number of Topliss-reactive ketones (excluding diaryl/α,β-unsaturated/α-hetero) is 1. The summed E-state index contributed by atoms with van der Waals surface area (Å²) in [4.78, 5) is 13.5. The van der Waals surface area contributed by atoms with Gasteiger partial charge in [-0.1, -0.05) is 6.07 Å². The van der Waals surface area contributed by atoms with E-state index in [4.69, 9.17) is 23.7 Å². The molecule has 2 saturated heterocycles. The number of fused-ring (bicyclic) bond motifs is 1. The average molecular weight is 553 g/mol. The van der Waals surface area contributed by atoms with Crippen LogP contribution in [0.4, 0.5) is 0 Å². The zero-order chi connectivity index (χ0) is 28.6. The minimum atomic E-state index is -1.11. The number of aliphatic hydroxyl groups is 1. The molecular formula is C30H32O10. The van der Waals surface area contributed by atoms with E-state index >= 15 is 0 Å². The number of aromatic hydroxyl groups is 3. The van der Waals surface area contributed by atoms with Crippen LogP contribution in [0.1, 0.15) is 45.2 Å². The van der Waals surface area contributed by atoms with E-state index in [1.807, 2.05) is 0 Å². The Labute approximate surface area is 231 Å². The summed E-state index contributed by atoms with van der Waals surface area (Å²) in [6, 6.07) is 12.6. The van der Waals surface area contributed by atoms with Crippen LogP contribution in [0.5, 0.6) is 34.5 Å². The number of phenolic OH excluding ortho intramolecular Hbond substituents is 3. The first-order chi connectivity index (χ1) is 19.3. The third kappa shape index (κ3) is 4.78. The second-order valence-electron chi connectivity index (χ2n) is 9.91. The molecule has 0 saturated carbocycles. The van der Waals surface area contributed by atoms with Crippen LogP contribution in [0.25, 0.3) is 0 Å². The minimum absolute atomic E-state index is 0.0160. The molecule has 2 aliphatic heterocycles. The van der Waals surface area contributed by atoms with Gasteiger partial charge in [-0.3, -0.25) is 4.79 Å². The number of ketones is 1. The maximum atomic E-state index is 13.5. The quantitative estimate of drug-likeness (QED) is 0.289. The molecule has 2 fully saturated rings. The smallest absolute Gasteiger partial charge is 0.172 e. The molecule has 4 N–H and O–H groups in total. The zero-order valence-electron chi connectivity index (χ0n) is 22.4. The van der Waals surface area contributed by atoms with Crippen LogP contribution in [0, 0.1) is 11.8 Å². The summed E-state index contributed by atoms with van der Waals surface area (Å²) in [5.41, 5.74) is 1.94. The molecule has 0 amide bonds. The minimum Gasteiger partial charge on any atom is -0.504 e. The Morgan fingerprint density at radius 3 is 1.95 bits per heavy atom. The molecule has 40 heavy (non-hydrogen) atoms. The first-order valence-corrected chi connectivity index (χ1v) is 12.8. The third-order valence-corrected chi connectivity index (χ3v) is 7.81. The summed E-state index contributed by atoms with van der Waals surface area (Å²) in [6.45, 7) is 0.252. The second-order valence-corrected chi connectivity index (χ2v) is 9.91.